The van der Waals surface area contributed by atoms with Gasteiger partial charge in [-0.25, -0.2) is 0 Å². The minimum Gasteiger partial charge on any atom is -0.460 e. The van der Waals surface area contributed by atoms with Gasteiger partial charge in [0.2, 0.25) is 0 Å². The van der Waals surface area contributed by atoms with Crippen LogP contribution < -0.4 is 0 Å². The summed E-state index contributed by atoms with van der Waals surface area (Å²) >= 11 is 0. The summed E-state index contributed by atoms with van der Waals surface area (Å²) < 4.78 is 5.35. The minimum absolute atomic E-state index is 0.0755. The molecule has 29 heavy (non-hydrogen) atoms. The van der Waals surface area contributed by atoms with Crippen molar-refractivity contribution in [3.63, 3.8) is 0 Å². The number of carbonyl (C=O) groups excluding carboxylic acids is 1. The monoisotopic (exact) mass is 406 g/mol. The Hall–Kier alpha value is -1.13. The standard InChI is InChI=1S/C23H34O6/c1-5-23(28)18(26)11-14-19-13(6-9-22(14,23)4)21(3)8-7-17(29-12(2)24)20(27)15(21)10-16(19)25/h1,13-20,25-28H,6-11H2,2-4H3/t13-,14+,15?,16?,17?,18?,19-,20?,21-,22+,23?/m1/s1. The van der Waals surface area contributed by atoms with Crippen molar-refractivity contribution in [3.05, 3.63) is 0 Å². The SMILES string of the molecule is C#CC1(O)C(O)C[C@H]2[C@@H]3C(O)CC4C(O)C(OC(C)=O)CC[C@]4(C)[C@@H]3CC[C@@]21C. The Labute approximate surface area is 172 Å². The summed E-state index contributed by atoms with van der Waals surface area (Å²) in [5, 5.41) is 43.9. The van der Waals surface area contributed by atoms with Crippen molar-refractivity contribution in [2.24, 2.45) is 34.5 Å². The molecule has 6 heteroatoms. The van der Waals surface area contributed by atoms with E-state index in [4.69, 9.17) is 11.2 Å². The van der Waals surface area contributed by atoms with Crippen LogP contribution in [0.4, 0.5) is 0 Å². The highest BCUT2D eigenvalue weighted by Gasteiger charge is 2.69. The van der Waals surface area contributed by atoms with Gasteiger partial charge in [0.25, 0.3) is 0 Å². The van der Waals surface area contributed by atoms with E-state index < -0.39 is 41.4 Å². The first kappa shape index (κ1) is 21.1. The van der Waals surface area contributed by atoms with Gasteiger partial charge in [0, 0.05) is 12.3 Å². The molecule has 0 aliphatic heterocycles. The largest absolute Gasteiger partial charge is 0.460 e. The molecule has 11 atom stereocenters. The number of hydrogen-bond acceptors (Lipinski definition) is 6. The zero-order valence-electron chi connectivity index (χ0n) is 17.5. The van der Waals surface area contributed by atoms with E-state index in [2.05, 4.69) is 12.8 Å². The molecule has 6 unspecified atom stereocenters. The third kappa shape index (κ3) is 2.67. The van der Waals surface area contributed by atoms with E-state index in [0.29, 0.717) is 25.7 Å². The Morgan fingerprint density at radius 2 is 1.76 bits per heavy atom. The maximum atomic E-state index is 11.4. The van der Waals surface area contributed by atoms with E-state index in [1.807, 2.05) is 6.92 Å². The van der Waals surface area contributed by atoms with Crippen molar-refractivity contribution in [2.75, 3.05) is 0 Å². The van der Waals surface area contributed by atoms with Crippen LogP contribution in [0, 0.1) is 46.8 Å². The fourth-order valence-corrected chi connectivity index (χ4v) is 7.87. The molecule has 0 aromatic carbocycles. The van der Waals surface area contributed by atoms with Crippen molar-refractivity contribution in [3.8, 4) is 12.3 Å². The Balaban J connectivity index is 1.66. The van der Waals surface area contributed by atoms with Gasteiger partial charge in [0.05, 0.1) is 18.3 Å². The predicted molar refractivity (Wildman–Crippen MR) is 105 cm³/mol. The van der Waals surface area contributed by atoms with E-state index >= 15 is 0 Å². The Morgan fingerprint density at radius 1 is 1.07 bits per heavy atom. The average Bonchev–Trinajstić information content (AvgIpc) is 2.86. The number of esters is 1. The van der Waals surface area contributed by atoms with Crippen LogP contribution in [0.15, 0.2) is 0 Å². The molecule has 4 aliphatic rings. The predicted octanol–water partition coefficient (Wildman–Crippen LogP) is 1.24. The summed E-state index contributed by atoms with van der Waals surface area (Å²) in [6.45, 7) is 5.50. The molecule has 0 saturated heterocycles. The molecule has 0 aromatic heterocycles. The number of rotatable bonds is 1. The fraction of sp³-hybridized carbons (Fsp3) is 0.870. The van der Waals surface area contributed by atoms with Crippen LogP contribution in [-0.4, -0.2) is 56.4 Å². The average molecular weight is 407 g/mol. The third-order valence-electron chi connectivity index (χ3n) is 9.48. The van der Waals surface area contributed by atoms with Crippen molar-refractivity contribution in [1.82, 2.24) is 0 Å². The Morgan fingerprint density at radius 3 is 2.38 bits per heavy atom. The molecule has 0 spiro atoms. The lowest BCUT2D eigenvalue weighted by Crippen LogP contribution is -2.63. The van der Waals surface area contributed by atoms with Crippen LogP contribution in [-0.2, 0) is 9.53 Å². The second-order valence-corrected chi connectivity index (χ2v) is 10.5. The van der Waals surface area contributed by atoms with Crippen LogP contribution in [0.5, 0.6) is 0 Å². The van der Waals surface area contributed by atoms with E-state index in [0.717, 1.165) is 12.8 Å². The topological polar surface area (TPSA) is 107 Å². The van der Waals surface area contributed by atoms with E-state index in [1.165, 1.54) is 6.92 Å². The van der Waals surface area contributed by atoms with Gasteiger partial charge in [-0.1, -0.05) is 19.8 Å². The van der Waals surface area contributed by atoms with Crippen LogP contribution in [0.3, 0.4) is 0 Å². The van der Waals surface area contributed by atoms with E-state index in [9.17, 15) is 25.2 Å². The van der Waals surface area contributed by atoms with Gasteiger partial charge in [-0.05, 0) is 67.6 Å². The van der Waals surface area contributed by atoms with Crippen LogP contribution in [0.25, 0.3) is 0 Å². The summed E-state index contributed by atoms with van der Waals surface area (Å²) in [6, 6.07) is 0. The summed E-state index contributed by atoms with van der Waals surface area (Å²) in [5.74, 6) is 1.93. The molecule has 0 amide bonds. The normalized spacial score (nSPS) is 56.5. The Bertz CT molecular complexity index is 731. The number of hydrogen-bond donors (Lipinski definition) is 4. The first-order valence-electron chi connectivity index (χ1n) is 10.9. The smallest absolute Gasteiger partial charge is 0.302 e. The number of carbonyl (C=O) groups is 1. The third-order valence-corrected chi connectivity index (χ3v) is 9.48. The maximum absolute atomic E-state index is 11.4. The first-order chi connectivity index (χ1) is 13.5. The summed E-state index contributed by atoms with van der Waals surface area (Å²) in [7, 11) is 0. The van der Waals surface area contributed by atoms with Crippen LogP contribution in [0.1, 0.15) is 59.3 Å². The molecular weight excluding hydrogens is 372 g/mol. The molecule has 4 aliphatic carbocycles. The second-order valence-electron chi connectivity index (χ2n) is 10.5. The molecule has 4 rings (SSSR count). The van der Waals surface area contributed by atoms with Gasteiger partial charge in [-0.2, -0.15) is 0 Å². The number of aliphatic hydroxyl groups is 4. The molecular formula is C23H34O6. The summed E-state index contributed by atoms with van der Waals surface area (Å²) in [5.41, 5.74) is -2.41. The molecule has 0 aromatic rings. The molecule has 0 heterocycles. The number of aliphatic hydroxyl groups excluding tert-OH is 3. The lowest BCUT2D eigenvalue weighted by Gasteiger charge is -2.63. The van der Waals surface area contributed by atoms with Crippen LogP contribution >= 0.6 is 0 Å². The van der Waals surface area contributed by atoms with E-state index in [1.54, 1.807) is 0 Å². The highest BCUT2D eigenvalue weighted by Crippen LogP contribution is 2.68. The lowest BCUT2D eigenvalue weighted by atomic mass is 9.43. The minimum atomic E-state index is -1.58. The Kier molecular flexibility index (Phi) is 4.87. The lowest BCUT2D eigenvalue weighted by molar-refractivity contribution is -0.218. The van der Waals surface area contributed by atoms with Crippen molar-refractivity contribution >= 4 is 5.97 Å². The van der Waals surface area contributed by atoms with Gasteiger partial charge in [0.1, 0.15) is 6.10 Å². The summed E-state index contributed by atoms with van der Waals surface area (Å²) in [6.07, 6.45) is 6.37. The molecule has 4 fully saturated rings. The van der Waals surface area contributed by atoms with Gasteiger partial charge < -0.3 is 25.2 Å². The molecule has 6 nitrogen and oxygen atoms in total. The number of fused-ring (bicyclic) bond motifs is 5. The quantitative estimate of drug-likeness (QED) is 0.386. The maximum Gasteiger partial charge on any atom is 0.302 e. The zero-order valence-corrected chi connectivity index (χ0v) is 17.5. The van der Waals surface area contributed by atoms with Crippen molar-refractivity contribution in [1.29, 1.82) is 0 Å². The highest BCUT2D eigenvalue weighted by atomic mass is 16.6. The van der Waals surface area contributed by atoms with Gasteiger partial charge in [-0.15, -0.1) is 6.42 Å². The van der Waals surface area contributed by atoms with Gasteiger partial charge in [-0.3, -0.25) is 4.79 Å². The number of terminal acetylenes is 1. The molecule has 0 bridgehead atoms. The molecule has 162 valence electrons. The zero-order chi connectivity index (χ0) is 21.4. The highest BCUT2D eigenvalue weighted by molar-refractivity contribution is 5.66. The van der Waals surface area contributed by atoms with E-state index in [-0.39, 0.29) is 29.1 Å². The fourth-order valence-electron chi connectivity index (χ4n) is 7.87. The number of ether oxygens (including phenoxy) is 1. The molecule has 4 N–H and O–H groups in total. The molecule has 0 radical (unpaired) electrons. The van der Waals surface area contributed by atoms with Gasteiger partial charge >= 0.3 is 5.97 Å². The summed E-state index contributed by atoms with van der Waals surface area (Å²) in [4.78, 5) is 11.4. The van der Waals surface area contributed by atoms with Crippen molar-refractivity contribution in [2.45, 2.75) is 89.3 Å². The second kappa shape index (κ2) is 6.68. The van der Waals surface area contributed by atoms with Crippen LogP contribution in [0.2, 0.25) is 0 Å². The van der Waals surface area contributed by atoms with Crippen molar-refractivity contribution < 1.29 is 30.0 Å². The first-order valence-corrected chi connectivity index (χ1v) is 10.9. The molecule has 4 saturated carbocycles. The van der Waals surface area contributed by atoms with Gasteiger partial charge in [0.15, 0.2) is 5.60 Å².